The zero-order chi connectivity index (χ0) is 9.15. The third kappa shape index (κ3) is 2.48. The summed E-state index contributed by atoms with van der Waals surface area (Å²) in [7, 11) is 2.51. The Morgan fingerprint density at radius 1 is 0.786 bits per heavy atom. The van der Waals surface area contributed by atoms with E-state index in [9.17, 15) is 0 Å². The Balaban J connectivity index is 0.000000980. The van der Waals surface area contributed by atoms with Gasteiger partial charge in [-0.25, -0.2) is 0 Å². The molecule has 0 unspecified atom stereocenters. The largest absolute Gasteiger partial charge is 0.870 e. The number of piperidine rings is 1. The van der Waals surface area contributed by atoms with Crippen LogP contribution in [0, 0.1) is 0 Å². The lowest BCUT2D eigenvalue weighted by atomic mass is 9.91. The topological polar surface area (TPSA) is 30.0 Å². The van der Waals surface area contributed by atoms with E-state index < -0.39 is 0 Å². The predicted molar refractivity (Wildman–Crippen MR) is 58.6 cm³/mol. The summed E-state index contributed by atoms with van der Waals surface area (Å²) in [6.45, 7) is 2.93. The number of hydrogen-bond acceptors (Lipinski definition) is 1. The van der Waals surface area contributed by atoms with Gasteiger partial charge in [-0.3, -0.25) is 0 Å². The van der Waals surface area contributed by atoms with E-state index in [0.29, 0.717) is 0 Å². The van der Waals surface area contributed by atoms with Gasteiger partial charge in [-0.1, -0.05) is 6.42 Å². The molecule has 0 aromatic carbocycles. The number of nitrogens with zero attached hydrogens (tertiary/aromatic N) is 1. The minimum Gasteiger partial charge on any atom is -0.870 e. The average Bonchev–Trinajstić information content (AvgIpc) is 2.20. The van der Waals surface area contributed by atoms with E-state index in [4.69, 9.17) is 0 Å². The Bertz CT molecular complexity index is 158. The molecule has 0 radical (unpaired) electrons. The molecule has 1 N–H and O–H groups in total. The van der Waals surface area contributed by atoms with Gasteiger partial charge in [-0.05, 0) is 44.9 Å². The number of likely N-dealkylation sites (tertiary alicyclic amines) is 1. The van der Waals surface area contributed by atoms with Gasteiger partial charge in [0.15, 0.2) is 0 Å². The van der Waals surface area contributed by atoms with Crippen LogP contribution in [-0.2, 0) is 0 Å². The minimum atomic E-state index is 0. The molecular weight excluding hydrogens is 174 g/mol. The van der Waals surface area contributed by atoms with Crippen LogP contribution in [0.2, 0.25) is 0 Å². The van der Waals surface area contributed by atoms with Crippen LogP contribution < -0.4 is 0 Å². The summed E-state index contributed by atoms with van der Waals surface area (Å²) in [6, 6.07) is 1.02. The second-order valence-electron chi connectivity index (χ2n) is 5.28. The van der Waals surface area contributed by atoms with Crippen LogP contribution in [0.1, 0.15) is 51.4 Å². The molecule has 0 atom stereocenters. The third-order valence-electron chi connectivity index (χ3n) is 4.29. The summed E-state index contributed by atoms with van der Waals surface area (Å²) in [4.78, 5) is 0. The summed E-state index contributed by atoms with van der Waals surface area (Å²) >= 11 is 0. The molecule has 1 aliphatic carbocycles. The van der Waals surface area contributed by atoms with E-state index in [1.165, 1.54) is 68.9 Å². The van der Waals surface area contributed by atoms with Crippen molar-refractivity contribution in [2.75, 3.05) is 20.1 Å². The van der Waals surface area contributed by atoms with E-state index in [1.807, 2.05) is 0 Å². The van der Waals surface area contributed by atoms with Crippen molar-refractivity contribution in [1.29, 1.82) is 0 Å². The minimum absolute atomic E-state index is 0. The Morgan fingerprint density at radius 3 is 1.86 bits per heavy atom. The highest BCUT2D eigenvalue weighted by atomic mass is 16.0. The highest BCUT2D eigenvalue weighted by Crippen LogP contribution is 2.30. The van der Waals surface area contributed by atoms with Gasteiger partial charge in [0.25, 0.3) is 0 Å². The van der Waals surface area contributed by atoms with Crippen LogP contribution in [0.15, 0.2) is 0 Å². The van der Waals surface area contributed by atoms with Gasteiger partial charge in [0.05, 0.1) is 26.2 Å². The van der Waals surface area contributed by atoms with Gasteiger partial charge in [0.2, 0.25) is 0 Å². The van der Waals surface area contributed by atoms with Crippen molar-refractivity contribution < 1.29 is 9.96 Å². The zero-order valence-electron chi connectivity index (χ0n) is 9.54. The number of hydrogen-bond donors (Lipinski definition) is 0. The molecule has 0 aromatic heterocycles. The highest BCUT2D eigenvalue weighted by molar-refractivity contribution is 4.68. The van der Waals surface area contributed by atoms with Crippen LogP contribution in [-0.4, -0.2) is 36.1 Å². The van der Waals surface area contributed by atoms with Crippen molar-refractivity contribution in [2.24, 2.45) is 0 Å². The van der Waals surface area contributed by atoms with Crippen LogP contribution in [0.25, 0.3) is 0 Å². The summed E-state index contributed by atoms with van der Waals surface area (Å²) in [5.41, 5.74) is 0. The average molecular weight is 199 g/mol. The molecule has 0 bridgehead atoms. The molecule has 2 nitrogen and oxygen atoms in total. The first-order valence-electron chi connectivity index (χ1n) is 6.15. The molecule has 84 valence electrons. The van der Waals surface area contributed by atoms with Crippen molar-refractivity contribution in [3.05, 3.63) is 0 Å². The second-order valence-corrected chi connectivity index (χ2v) is 5.28. The molecule has 0 aromatic rings. The van der Waals surface area contributed by atoms with E-state index >= 15 is 0 Å². The quantitative estimate of drug-likeness (QED) is 0.597. The van der Waals surface area contributed by atoms with Crippen molar-refractivity contribution >= 4 is 0 Å². The van der Waals surface area contributed by atoms with E-state index in [-0.39, 0.29) is 5.48 Å². The van der Waals surface area contributed by atoms with Crippen molar-refractivity contribution in [2.45, 2.75) is 57.4 Å². The van der Waals surface area contributed by atoms with Crippen LogP contribution in [0.5, 0.6) is 0 Å². The first kappa shape index (κ1) is 12.0. The lowest BCUT2D eigenvalue weighted by Crippen LogP contribution is -2.55. The summed E-state index contributed by atoms with van der Waals surface area (Å²) in [6.07, 6.45) is 12.0. The Morgan fingerprint density at radius 2 is 1.29 bits per heavy atom. The third-order valence-corrected chi connectivity index (χ3v) is 4.29. The fraction of sp³-hybridized carbons (Fsp3) is 1.00. The summed E-state index contributed by atoms with van der Waals surface area (Å²) in [5, 5.41) is 0. The molecule has 2 aliphatic rings. The molecular formula is C12H25NO. The maximum atomic E-state index is 2.51. The van der Waals surface area contributed by atoms with Crippen molar-refractivity contribution in [3.8, 4) is 0 Å². The molecule has 2 heteroatoms. The lowest BCUT2D eigenvalue weighted by molar-refractivity contribution is -0.938. The van der Waals surface area contributed by atoms with Gasteiger partial charge in [-0.15, -0.1) is 0 Å². The normalized spacial score (nSPS) is 28.1. The fourth-order valence-corrected chi connectivity index (χ4v) is 3.30. The van der Waals surface area contributed by atoms with Gasteiger partial charge < -0.3 is 9.96 Å². The zero-order valence-corrected chi connectivity index (χ0v) is 9.54. The number of quaternary nitrogens is 1. The Labute approximate surface area is 88.2 Å². The molecule has 2 fully saturated rings. The van der Waals surface area contributed by atoms with Crippen LogP contribution >= 0.6 is 0 Å². The highest BCUT2D eigenvalue weighted by Gasteiger charge is 2.34. The van der Waals surface area contributed by atoms with Gasteiger partial charge in [0.1, 0.15) is 0 Å². The fourth-order valence-electron chi connectivity index (χ4n) is 3.30. The maximum Gasteiger partial charge on any atom is 0.0888 e. The molecule has 14 heavy (non-hydrogen) atoms. The lowest BCUT2D eigenvalue weighted by Gasteiger charge is -2.45. The Kier molecular flexibility index (Phi) is 4.39. The number of rotatable bonds is 1. The first-order chi connectivity index (χ1) is 6.31. The maximum absolute atomic E-state index is 2.51. The molecule has 1 heterocycles. The first-order valence-corrected chi connectivity index (χ1v) is 6.15. The summed E-state index contributed by atoms with van der Waals surface area (Å²) < 4.78 is 1.42. The molecule has 1 aliphatic heterocycles. The van der Waals surface area contributed by atoms with Gasteiger partial charge in [0, 0.05) is 0 Å². The van der Waals surface area contributed by atoms with Crippen molar-refractivity contribution in [3.63, 3.8) is 0 Å². The molecule has 0 amide bonds. The molecule has 2 rings (SSSR count). The van der Waals surface area contributed by atoms with E-state index in [1.54, 1.807) is 0 Å². The molecule has 1 saturated heterocycles. The Hall–Kier alpha value is -0.0800. The van der Waals surface area contributed by atoms with E-state index in [0.717, 1.165) is 6.04 Å². The standard InChI is InChI=1S/C12H24N.H2O/c1-13(10-6-3-7-11-13)12-8-4-2-5-9-12;/h12H,2-11H2,1H3;1H2/q+1;/p-1. The SMILES string of the molecule is C[N+]1(C2CCCCC2)CCCCC1.[OH-]. The van der Waals surface area contributed by atoms with Crippen LogP contribution in [0.3, 0.4) is 0 Å². The predicted octanol–water partition coefficient (Wildman–Crippen LogP) is 2.77. The second kappa shape index (κ2) is 5.13. The summed E-state index contributed by atoms with van der Waals surface area (Å²) in [5.74, 6) is 0. The van der Waals surface area contributed by atoms with Gasteiger partial charge in [-0.2, -0.15) is 0 Å². The molecule has 1 saturated carbocycles. The van der Waals surface area contributed by atoms with Gasteiger partial charge >= 0.3 is 0 Å². The van der Waals surface area contributed by atoms with E-state index in [2.05, 4.69) is 7.05 Å². The van der Waals surface area contributed by atoms with Crippen LogP contribution in [0.4, 0.5) is 0 Å². The molecule has 0 spiro atoms. The monoisotopic (exact) mass is 199 g/mol. The van der Waals surface area contributed by atoms with Crippen molar-refractivity contribution in [1.82, 2.24) is 0 Å². The smallest absolute Gasteiger partial charge is 0.0888 e.